The summed E-state index contributed by atoms with van der Waals surface area (Å²) in [5.41, 5.74) is 0.625. The Morgan fingerprint density at radius 1 is 1.21 bits per heavy atom. The van der Waals surface area contributed by atoms with E-state index in [2.05, 4.69) is 5.32 Å². The van der Waals surface area contributed by atoms with E-state index in [9.17, 15) is 28.1 Å². The molecule has 1 unspecified atom stereocenters. The second kappa shape index (κ2) is 10.3. The summed E-state index contributed by atoms with van der Waals surface area (Å²) in [5.74, 6) is -1.56. The van der Waals surface area contributed by atoms with E-state index in [1.165, 1.54) is 24.3 Å². The van der Waals surface area contributed by atoms with Crippen molar-refractivity contribution in [2.24, 2.45) is 0 Å². The minimum Gasteiger partial charge on any atom is -0.454 e. The Morgan fingerprint density at radius 2 is 1.91 bits per heavy atom. The molecular weight excluding hydrogens is 474 g/mol. The van der Waals surface area contributed by atoms with Crippen LogP contribution in [0, 0.1) is 17.0 Å². The number of nitro benzene ring substituents is 1. The van der Waals surface area contributed by atoms with E-state index in [-0.39, 0.29) is 34.3 Å². The van der Waals surface area contributed by atoms with Gasteiger partial charge in [-0.2, -0.15) is 4.31 Å². The summed E-state index contributed by atoms with van der Waals surface area (Å²) in [5, 5.41) is 13.3. The Kier molecular flexibility index (Phi) is 7.67. The Balaban J connectivity index is 1.66. The van der Waals surface area contributed by atoms with Crippen molar-refractivity contribution in [3.63, 3.8) is 0 Å². The maximum atomic E-state index is 13.1. The third kappa shape index (κ3) is 5.86. The fraction of sp³-hybridized carbons (Fsp3) is 0.333. The monoisotopic (exact) mass is 495 g/mol. The van der Waals surface area contributed by atoms with Gasteiger partial charge in [-0.15, -0.1) is 0 Å². The third-order valence-corrected chi connectivity index (χ3v) is 7.37. The predicted molar refractivity (Wildman–Crippen MR) is 120 cm³/mol. The van der Waals surface area contributed by atoms with E-state index in [0.29, 0.717) is 12.8 Å². The maximum Gasteiger partial charge on any atom is 0.324 e. The van der Waals surface area contributed by atoms with Crippen LogP contribution in [0.1, 0.15) is 24.8 Å². The molecule has 1 amide bonds. The molecule has 12 heteroatoms. The van der Waals surface area contributed by atoms with Crippen LogP contribution in [0.15, 0.2) is 47.4 Å². The lowest BCUT2D eigenvalue weighted by Crippen LogP contribution is -2.48. The van der Waals surface area contributed by atoms with Crippen LogP contribution in [-0.4, -0.2) is 48.7 Å². The second-order valence-corrected chi connectivity index (χ2v) is 9.82. The van der Waals surface area contributed by atoms with Gasteiger partial charge in [-0.1, -0.05) is 29.3 Å². The number of hydrogen-bond donors (Lipinski definition) is 1. The van der Waals surface area contributed by atoms with Gasteiger partial charge in [-0.05, 0) is 50.5 Å². The molecule has 1 heterocycles. The largest absolute Gasteiger partial charge is 0.454 e. The Morgan fingerprint density at radius 3 is 2.58 bits per heavy atom. The fourth-order valence-electron chi connectivity index (χ4n) is 3.43. The molecule has 1 fully saturated rings. The highest BCUT2D eigenvalue weighted by Gasteiger charge is 2.38. The highest BCUT2D eigenvalue weighted by atomic mass is 35.5. The Hall–Kier alpha value is -3.02. The zero-order valence-electron chi connectivity index (χ0n) is 17.7. The Bertz CT molecular complexity index is 1170. The number of nitrogens with zero attached hydrogens (tertiary/aromatic N) is 2. The molecule has 1 aliphatic rings. The highest BCUT2D eigenvalue weighted by Crippen LogP contribution is 2.28. The minimum atomic E-state index is -3.92. The molecule has 0 spiro atoms. The summed E-state index contributed by atoms with van der Waals surface area (Å²) in [7, 11) is -3.92. The van der Waals surface area contributed by atoms with Crippen molar-refractivity contribution in [2.75, 3.05) is 18.5 Å². The summed E-state index contributed by atoms with van der Waals surface area (Å²) in [6.45, 7) is 1.32. The zero-order valence-corrected chi connectivity index (χ0v) is 19.3. The van der Waals surface area contributed by atoms with Crippen molar-refractivity contribution in [3.8, 4) is 0 Å². The number of aryl methyl sites for hydroxylation is 1. The molecule has 0 saturated carbocycles. The van der Waals surface area contributed by atoms with Crippen LogP contribution in [0.5, 0.6) is 0 Å². The van der Waals surface area contributed by atoms with E-state index in [0.717, 1.165) is 15.9 Å². The summed E-state index contributed by atoms with van der Waals surface area (Å²) in [4.78, 5) is 35.2. The van der Waals surface area contributed by atoms with Gasteiger partial charge in [0.05, 0.1) is 9.82 Å². The average Bonchev–Trinajstić information content (AvgIpc) is 2.79. The first-order valence-electron chi connectivity index (χ1n) is 10.1. The number of halogens is 1. The van der Waals surface area contributed by atoms with Crippen molar-refractivity contribution >= 4 is 44.9 Å². The van der Waals surface area contributed by atoms with Gasteiger partial charge in [0.2, 0.25) is 10.0 Å². The van der Waals surface area contributed by atoms with Gasteiger partial charge < -0.3 is 10.1 Å². The number of anilines is 1. The van der Waals surface area contributed by atoms with Gasteiger partial charge in [0, 0.05) is 18.3 Å². The molecule has 2 aromatic carbocycles. The van der Waals surface area contributed by atoms with E-state index >= 15 is 0 Å². The van der Waals surface area contributed by atoms with E-state index in [1.807, 2.05) is 6.92 Å². The maximum absolute atomic E-state index is 13.1. The minimum absolute atomic E-state index is 0.0786. The number of rotatable bonds is 7. The summed E-state index contributed by atoms with van der Waals surface area (Å²) in [6, 6.07) is 8.99. The number of esters is 1. The third-order valence-electron chi connectivity index (χ3n) is 5.13. The molecule has 0 aliphatic carbocycles. The number of nitrogens with one attached hydrogen (secondary N) is 1. The fourth-order valence-corrected chi connectivity index (χ4v) is 5.27. The Labute approximate surface area is 195 Å². The van der Waals surface area contributed by atoms with Crippen molar-refractivity contribution in [3.05, 3.63) is 63.2 Å². The standard InChI is InChI=1S/C21H22ClN3O7S/c1-14-5-8-16(9-6-14)33(30,31)24-11-3-2-4-18(24)21(27)32-13-20(26)23-15-7-10-17(22)19(12-15)25(28)29/h5-10,12,18H,2-4,11,13H2,1H3,(H,23,26). The van der Waals surface area contributed by atoms with Crippen LogP contribution in [0.4, 0.5) is 11.4 Å². The quantitative estimate of drug-likeness (QED) is 0.353. The first kappa shape index (κ1) is 24.6. The normalized spacial score (nSPS) is 16.7. The van der Waals surface area contributed by atoms with Crippen molar-refractivity contribution in [1.82, 2.24) is 4.31 Å². The number of amides is 1. The molecule has 0 radical (unpaired) electrons. The van der Waals surface area contributed by atoms with Gasteiger partial charge >= 0.3 is 5.97 Å². The molecule has 1 aliphatic heterocycles. The molecule has 0 aromatic heterocycles. The molecule has 10 nitrogen and oxygen atoms in total. The molecule has 1 saturated heterocycles. The highest BCUT2D eigenvalue weighted by molar-refractivity contribution is 7.89. The predicted octanol–water partition coefficient (Wildman–Crippen LogP) is 3.28. The molecule has 1 N–H and O–H groups in total. The molecule has 2 aromatic rings. The van der Waals surface area contributed by atoms with Gasteiger partial charge in [0.1, 0.15) is 11.1 Å². The number of sulfonamides is 1. The SMILES string of the molecule is Cc1ccc(S(=O)(=O)N2CCCCC2C(=O)OCC(=O)Nc2ccc(Cl)c([N+](=O)[O-])c2)cc1. The first-order chi connectivity index (χ1) is 15.6. The smallest absolute Gasteiger partial charge is 0.324 e. The molecule has 176 valence electrons. The summed E-state index contributed by atoms with van der Waals surface area (Å²) >= 11 is 5.74. The number of carbonyl (C=O) groups excluding carboxylic acids is 2. The average molecular weight is 496 g/mol. The van der Waals surface area contributed by atoms with Crippen molar-refractivity contribution in [1.29, 1.82) is 0 Å². The summed E-state index contributed by atoms with van der Waals surface area (Å²) in [6.07, 6.45) is 1.51. The van der Waals surface area contributed by atoms with Crippen molar-refractivity contribution < 1.29 is 27.7 Å². The van der Waals surface area contributed by atoms with E-state index in [1.54, 1.807) is 12.1 Å². The van der Waals surface area contributed by atoms with Gasteiger partial charge in [0.25, 0.3) is 11.6 Å². The lowest BCUT2D eigenvalue weighted by atomic mass is 10.1. The van der Waals surface area contributed by atoms with Gasteiger partial charge in [-0.25, -0.2) is 8.42 Å². The lowest BCUT2D eigenvalue weighted by molar-refractivity contribution is -0.384. The number of carbonyl (C=O) groups is 2. The van der Waals surface area contributed by atoms with Crippen molar-refractivity contribution in [2.45, 2.75) is 37.1 Å². The van der Waals surface area contributed by atoms with Crippen LogP contribution in [0.25, 0.3) is 0 Å². The zero-order chi connectivity index (χ0) is 24.2. The van der Waals surface area contributed by atoms with Gasteiger partial charge in [0.15, 0.2) is 6.61 Å². The number of hydrogen-bond acceptors (Lipinski definition) is 7. The van der Waals surface area contributed by atoms with Crippen LogP contribution in [-0.2, 0) is 24.3 Å². The van der Waals surface area contributed by atoms with Crippen LogP contribution >= 0.6 is 11.6 Å². The molecule has 1 atom stereocenters. The molecule has 33 heavy (non-hydrogen) atoms. The number of benzene rings is 2. The van der Waals surface area contributed by atoms with Crippen LogP contribution < -0.4 is 5.32 Å². The van der Waals surface area contributed by atoms with E-state index < -0.39 is 39.5 Å². The molecular formula is C21H22ClN3O7S. The van der Waals surface area contributed by atoms with Crippen LogP contribution in [0.2, 0.25) is 5.02 Å². The van der Waals surface area contributed by atoms with Crippen LogP contribution in [0.3, 0.4) is 0 Å². The number of piperidine rings is 1. The molecule has 3 rings (SSSR count). The first-order valence-corrected chi connectivity index (χ1v) is 11.9. The topological polar surface area (TPSA) is 136 Å². The summed E-state index contributed by atoms with van der Waals surface area (Å²) < 4.78 is 32.4. The number of nitro groups is 1. The lowest BCUT2D eigenvalue weighted by Gasteiger charge is -2.33. The number of ether oxygens (including phenoxy) is 1. The second-order valence-electron chi connectivity index (χ2n) is 7.52. The van der Waals surface area contributed by atoms with E-state index in [4.69, 9.17) is 16.3 Å². The molecule has 0 bridgehead atoms. The van der Waals surface area contributed by atoms with Gasteiger partial charge in [-0.3, -0.25) is 19.7 Å².